The van der Waals surface area contributed by atoms with Gasteiger partial charge < -0.3 is 15.3 Å². The molecule has 0 aliphatic carbocycles. The molecule has 0 amide bonds. The number of hydrogen-bond acceptors (Lipinski definition) is 7. The van der Waals surface area contributed by atoms with Gasteiger partial charge in [0.2, 0.25) is 5.95 Å². The van der Waals surface area contributed by atoms with Gasteiger partial charge in [-0.25, -0.2) is 4.98 Å². The van der Waals surface area contributed by atoms with Crippen LogP contribution in [0.25, 0.3) is 22.4 Å². The monoisotopic (exact) mass is 391 g/mol. The largest absolute Gasteiger partial charge is 0.507 e. The fourth-order valence-corrected chi connectivity index (χ4v) is 4.61. The number of aromatic amines is 1. The minimum Gasteiger partial charge on any atom is -0.507 e. The predicted octanol–water partition coefficient (Wildman–Crippen LogP) is 2.74. The third-order valence-corrected chi connectivity index (χ3v) is 6.21. The van der Waals surface area contributed by atoms with Gasteiger partial charge in [-0.05, 0) is 43.4 Å². The van der Waals surface area contributed by atoms with Crippen LogP contribution in [0.2, 0.25) is 0 Å². The van der Waals surface area contributed by atoms with E-state index >= 15 is 0 Å². The van der Waals surface area contributed by atoms with Gasteiger partial charge in [-0.15, -0.1) is 10.2 Å². The van der Waals surface area contributed by atoms with Crippen molar-refractivity contribution in [2.75, 3.05) is 11.9 Å². The number of nitrogens with zero attached hydrogens (tertiary/aromatic N) is 5. The second-order valence-electron chi connectivity index (χ2n) is 8.09. The van der Waals surface area contributed by atoms with E-state index in [4.69, 9.17) is 0 Å². The van der Waals surface area contributed by atoms with Crippen LogP contribution in [-0.2, 0) is 0 Å². The van der Waals surface area contributed by atoms with Crippen molar-refractivity contribution < 1.29 is 5.11 Å². The molecule has 1 unspecified atom stereocenters. The van der Waals surface area contributed by atoms with E-state index in [-0.39, 0.29) is 5.75 Å². The van der Waals surface area contributed by atoms with E-state index in [0.717, 1.165) is 24.0 Å². The first-order valence-corrected chi connectivity index (χ1v) is 10.2. The average Bonchev–Trinajstić information content (AvgIpc) is 3.28. The molecule has 0 saturated carbocycles. The number of phenols is 1. The van der Waals surface area contributed by atoms with Crippen LogP contribution < -0.4 is 10.2 Å². The van der Waals surface area contributed by atoms with Crippen molar-refractivity contribution in [2.24, 2.45) is 0 Å². The van der Waals surface area contributed by atoms with Crippen LogP contribution in [0.3, 0.4) is 0 Å². The van der Waals surface area contributed by atoms with E-state index in [1.54, 1.807) is 24.7 Å². The number of benzene rings is 1. The molecule has 2 fully saturated rings. The van der Waals surface area contributed by atoms with E-state index < -0.39 is 0 Å². The number of H-pyrrole nitrogens is 1. The number of aromatic nitrogens is 5. The van der Waals surface area contributed by atoms with Gasteiger partial charge in [0.05, 0.1) is 12.4 Å². The van der Waals surface area contributed by atoms with Crippen molar-refractivity contribution in [3.05, 3.63) is 36.8 Å². The van der Waals surface area contributed by atoms with Gasteiger partial charge in [0.1, 0.15) is 11.4 Å². The molecule has 0 spiro atoms. The summed E-state index contributed by atoms with van der Waals surface area (Å²) in [7, 11) is 2.06. The van der Waals surface area contributed by atoms with Crippen molar-refractivity contribution in [3.8, 4) is 28.1 Å². The van der Waals surface area contributed by atoms with Crippen LogP contribution in [0.1, 0.15) is 32.1 Å². The maximum atomic E-state index is 10.5. The van der Waals surface area contributed by atoms with E-state index in [2.05, 4.69) is 42.6 Å². The Morgan fingerprint density at radius 3 is 2.55 bits per heavy atom. The van der Waals surface area contributed by atoms with Gasteiger partial charge in [0.15, 0.2) is 0 Å². The van der Waals surface area contributed by atoms with Crippen LogP contribution in [0, 0.1) is 0 Å². The Balaban J connectivity index is 1.33. The quantitative estimate of drug-likeness (QED) is 0.628. The van der Waals surface area contributed by atoms with Crippen molar-refractivity contribution in [1.82, 2.24) is 30.7 Å². The summed E-state index contributed by atoms with van der Waals surface area (Å²) in [5.74, 6) is 0.778. The normalized spacial score (nSPS) is 23.7. The molecular formula is C21H25N7O. The summed E-state index contributed by atoms with van der Waals surface area (Å²) in [6, 6.07) is 7.11. The zero-order chi connectivity index (χ0) is 19.8. The van der Waals surface area contributed by atoms with E-state index in [0.29, 0.717) is 35.3 Å². The first-order chi connectivity index (χ1) is 14.2. The average molecular weight is 391 g/mol. The molecule has 4 heterocycles. The van der Waals surface area contributed by atoms with Crippen LogP contribution in [0.5, 0.6) is 5.75 Å². The minimum atomic E-state index is 0.145. The number of rotatable bonds is 4. The number of aromatic hydroxyl groups is 1. The molecular weight excluding hydrogens is 366 g/mol. The summed E-state index contributed by atoms with van der Waals surface area (Å²) in [5, 5.41) is 29.6. The molecule has 2 aliphatic heterocycles. The molecule has 2 aromatic heterocycles. The summed E-state index contributed by atoms with van der Waals surface area (Å²) in [4.78, 5) is 6.70. The van der Waals surface area contributed by atoms with Crippen molar-refractivity contribution in [3.63, 3.8) is 0 Å². The highest BCUT2D eigenvalue weighted by atomic mass is 16.3. The lowest BCUT2D eigenvalue weighted by molar-refractivity contribution is 0.218. The van der Waals surface area contributed by atoms with E-state index in [1.165, 1.54) is 19.3 Å². The third-order valence-electron chi connectivity index (χ3n) is 6.21. The molecule has 3 N–H and O–H groups in total. The molecule has 3 aromatic rings. The summed E-state index contributed by atoms with van der Waals surface area (Å²) in [5.41, 5.74) is 2.97. The lowest BCUT2D eigenvalue weighted by Gasteiger charge is -2.43. The summed E-state index contributed by atoms with van der Waals surface area (Å²) in [6.45, 7) is 0. The smallest absolute Gasteiger partial charge is 0.245 e. The molecule has 150 valence electrons. The van der Waals surface area contributed by atoms with Crippen LogP contribution in [0.15, 0.2) is 36.8 Å². The highest BCUT2D eigenvalue weighted by Gasteiger charge is 2.33. The number of fused-ring (bicyclic) bond motifs is 2. The molecule has 8 nitrogen and oxygen atoms in total. The minimum absolute atomic E-state index is 0.145. The highest BCUT2D eigenvalue weighted by molar-refractivity contribution is 5.73. The molecule has 2 aliphatic rings. The molecule has 29 heavy (non-hydrogen) atoms. The number of phenolic OH excluding ortho intramolecular Hbond substituents is 1. The molecule has 2 bridgehead atoms. The SMILES string of the molecule is CN(c1ncc(-c2ccc(-c3cn[nH]c3)cc2O)nn1)C1C[C@H]2CCC[C@@H](C1)N2. The van der Waals surface area contributed by atoms with Crippen LogP contribution >= 0.6 is 0 Å². The Hall–Kier alpha value is -3.00. The Bertz CT molecular complexity index is 961. The maximum absolute atomic E-state index is 10.5. The third kappa shape index (κ3) is 3.55. The van der Waals surface area contributed by atoms with Gasteiger partial charge in [0, 0.05) is 42.5 Å². The van der Waals surface area contributed by atoms with Gasteiger partial charge in [-0.1, -0.05) is 12.5 Å². The molecule has 0 radical (unpaired) electrons. The molecule has 3 atom stereocenters. The van der Waals surface area contributed by atoms with Crippen LogP contribution in [-0.4, -0.2) is 55.7 Å². The lowest BCUT2D eigenvalue weighted by Crippen LogP contribution is -2.54. The molecule has 2 saturated heterocycles. The first-order valence-electron chi connectivity index (χ1n) is 10.2. The lowest BCUT2D eigenvalue weighted by atomic mass is 9.83. The second kappa shape index (κ2) is 7.44. The predicted molar refractivity (Wildman–Crippen MR) is 110 cm³/mol. The fraction of sp³-hybridized carbons (Fsp3) is 0.429. The Kier molecular flexibility index (Phi) is 4.63. The van der Waals surface area contributed by atoms with E-state index in [1.807, 2.05) is 12.1 Å². The standard InChI is InChI=1S/C21H25N7O/c1-28(17-8-15-3-2-4-16(9-17)25-15)21-22-12-19(26-27-21)18-6-5-13(7-20(18)29)14-10-23-24-11-14/h5-7,10-12,15-17,25,29H,2-4,8-9H2,1H3,(H,23,24)/t15-,16+,17?. The summed E-state index contributed by atoms with van der Waals surface area (Å²) in [6.07, 6.45) is 11.3. The van der Waals surface area contributed by atoms with Gasteiger partial charge in [-0.2, -0.15) is 5.10 Å². The second-order valence-corrected chi connectivity index (χ2v) is 8.09. The van der Waals surface area contributed by atoms with Gasteiger partial charge in [-0.3, -0.25) is 5.10 Å². The Morgan fingerprint density at radius 2 is 1.90 bits per heavy atom. The highest BCUT2D eigenvalue weighted by Crippen LogP contribution is 2.33. The Morgan fingerprint density at radius 1 is 1.07 bits per heavy atom. The molecule has 8 heteroatoms. The van der Waals surface area contributed by atoms with Crippen molar-refractivity contribution in [1.29, 1.82) is 0 Å². The first kappa shape index (κ1) is 18.1. The fourth-order valence-electron chi connectivity index (χ4n) is 4.61. The summed E-state index contributed by atoms with van der Waals surface area (Å²) < 4.78 is 0. The van der Waals surface area contributed by atoms with Crippen molar-refractivity contribution >= 4 is 5.95 Å². The molecule has 1 aromatic carbocycles. The molecule has 5 rings (SSSR count). The Labute approximate surface area is 169 Å². The van der Waals surface area contributed by atoms with Crippen LogP contribution in [0.4, 0.5) is 5.95 Å². The topological polar surface area (TPSA) is 103 Å². The van der Waals surface area contributed by atoms with Gasteiger partial charge >= 0.3 is 0 Å². The number of nitrogens with one attached hydrogen (secondary N) is 2. The van der Waals surface area contributed by atoms with Crippen molar-refractivity contribution in [2.45, 2.75) is 50.2 Å². The maximum Gasteiger partial charge on any atom is 0.245 e. The van der Waals surface area contributed by atoms with E-state index in [9.17, 15) is 5.11 Å². The summed E-state index contributed by atoms with van der Waals surface area (Å²) >= 11 is 0. The zero-order valence-corrected chi connectivity index (χ0v) is 16.4. The number of piperidine rings is 2. The number of hydrogen-bond donors (Lipinski definition) is 3. The van der Waals surface area contributed by atoms with Gasteiger partial charge in [0.25, 0.3) is 0 Å². The zero-order valence-electron chi connectivity index (χ0n) is 16.4. The number of anilines is 1.